The monoisotopic (exact) mass is 386 g/mol. The molecule has 29 heavy (non-hydrogen) atoms. The van der Waals surface area contributed by atoms with Crippen LogP contribution in [0.4, 0.5) is 22.9 Å². The number of nitrogens with one attached hydrogen (secondary N) is 2. The van der Waals surface area contributed by atoms with Gasteiger partial charge in [0.1, 0.15) is 5.82 Å². The van der Waals surface area contributed by atoms with E-state index in [2.05, 4.69) is 44.8 Å². The quantitative estimate of drug-likeness (QED) is 0.632. The van der Waals surface area contributed by atoms with Crippen molar-refractivity contribution in [2.24, 2.45) is 0 Å². The van der Waals surface area contributed by atoms with Crippen molar-refractivity contribution in [3.63, 3.8) is 0 Å². The molecule has 1 aliphatic rings. The highest BCUT2D eigenvalue weighted by Gasteiger charge is 2.12. The van der Waals surface area contributed by atoms with Crippen LogP contribution in [-0.4, -0.2) is 24.0 Å². The minimum absolute atomic E-state index is 0.0648. The van der Waals surface area contributed by atoms with Crippen LogP contribution < -0.4 is 15.5 Å². The van der Waals surface area contributed by atoms with E-state index < -0.39 is 0 Å². The highest BCUT2D eigenvalue weighted by molar-refractivity contribution is 5.91. The molecule has 1 amide bonds. The lowest BCUT2D eigenvalue weighted by molar-refractivity contribution is -0.115. The predicted octanol–water partition coefficient (Wildman–Crippen LogP) is 4.92. The average Bonchev–Trinajstić information content (AvgIpc) is 3.27. The molecule has 3 aromatic rings. The first-order valence-corrected chi connectivity index (χ1v) is 10.1. The van der Waals surface area contributed by atoms with Crippen molar-refractivity contribution < 1.29 is 4.79 Å². The van der Waals surface area contributed by atoms with Gasteiger partial charge in [-0.05, 0) is 67.3 Å². The largest absolute Gasteiger partial charge is 0.372 e. The van der Waals surface area contributed by atoms with Gasteiger partial charge < -0.3 is 15.5 Å². The zero-order chi connectivity index (χ0) is 20.1. The SMILES string of the molecule is Cc1ccccc1CC(=O)Nc1ccc(Nc2ccc(N3CCCC3)cc2)cn1. The molecule has 2 aromatic carbocycles. The fraction of sp³-hybridized carbons (Fsp3) is 0.250. The van der Waals surface area contributed by atoms with Crippen molar-refractivity contribution in [1.82, 2.24) is 4.98 Å². The van der Waals surface area contributed by atoms with Gasteiger partial charge in [0.15, 0.2) is 0 Å². The minimum Gasteiger partial charge on any atom is -0.372 e. The third-order valence-corrected chi connectivity index (χ3v) is 5.27. The van der Waals surface area contributed by atoms with E-state index in [1.165, 1.54) is 18.5 Å². The van der Waals surface area contributed by atoms with E-state index in [4.69, 9.17) is 0 Å². The van der Waals surface area contributed by atoms with Gasteiger partial charge in [0, 0.05) is 24.5 Å². The van der Waals surface area contributed by atoms with Crippen LogP contribution in [-0.2, 0) is 11.2 Å². The summed E-state index contributed by atoms with van der Waals surface area (Å²) in [6.07, 6.45) is 4.63. The number of nitrogens with zero attached hydrogens (tertiary/aromatic N) is 2. The Labute approximate surface area is 171 Å². The summed E-state index contributed by atoms with van der Waals surface area (Å²) in [5.74, 6) is 0.489. The number of carbonyl (C=O) groups is 1. The van der Waals surface area contributed by atoms with Crippen molar-refractivity contribution in [1.29, 1.82) is 0 Å². The summed E-state index contributed by atoms with van der Waals surface area (Å²) < 4.78 is 0. The molecule has 0 unspecified atom stereocenters. The lowest BCUT2D eigenvalue weighted by atomic mass is 10.1. The number of hydrogen-bond acceptors (Lipinski definition) is 4. The van der Waals surface area contributed by atoms with Gasteiger partial charge in [-0.1, -0.05) is 24.3 Å². The summed E-state index contributed by atoms with van der Waals surface area (Å²) in [7, 11) is 0. The van der Waals surface area contributed by atoms with Gasteiger partial charge in [-0.25, -0.2) is 4.98 Å². The van der Waals surface area contributed by atoms with Crippen LogP contribution in [0.15, 0.2) is 66.9 Å². The molecule has 5 heteroatoms. The molecular weight excluding hydrogens is 360 g/mol. The summed E-state index contributed by atoms with van der Waals surface area (Å²) in [5.41, 5.74) is 5.33. The lowest BCUT2D eigenvalue weighted by Crippen LogP contribution is -2.17. The summed E-state index contributed by atoms with van der Waals surface area (Å²) in [4.78, 5) is 19.1. The van der Waals surface area contributed by atoms with Gasteiger partial charge in [0.05, 0.1) is 18.3 Å². The second kappa shape index (κ2) is 8.78. The zero-order valence-electron chi connectivity index (χ0n) is 16.7. The Morgan fingerprint density at radius 2 is 1.69 bits per heavy atom. The first-order valence-electron chi connectivity index (χ1n) is 10.1. The number of pyridine rings is 1. The molecule has 1 aliphatic heterocycles. The van der Waals surface area contributed by atoms with Gasteiger partial charge in [-0.3, -0.25) is 4.79 Å². The third-order valence-electron chi connectivity index (χ3n) is 5.27. The Morgan fingerprint density at radius 1 is 0.966 bits per heavy atom. The molecule has 1 aromatic heterocycles. The van der Waals surface area contributed by atoms with Gasteiger partial charge in [-0.2, -0.15) is 0 Å². The van der Waals surface area contributed by atoms with Crippen LogP contribution in [0.1, 0.15) is 24.0 Å². The van der Waals surface area contributed by atoms with E-state index in [1.807, 2.05) is 43.3 Å². The average molecular weight is 386 g/mol. The number of amides is 1. The number of rotatable bonds is 6. The van der Waals surface area contributed by atoms with E-state index in [9.17, 15) is 4.79 Å². The van der Waals surface area contributed by atoms with E-state index in [0.29, 0.717) is 12.2 Å². The maximum atomic E-state index is 12.3. The number of carbonyl (C=O) groups excluding carboxylic acids is 1. The van der Waals surface area contributed by atoms with E-state index in [1.54, 1.807) is 6.20 Å². The van der Waals surface area contributed by atoms with Crippen LogP contribution >= 0.6 is 0 Å². The topological polar surface area (TPSA) is 57.3 Å². The Bertz CT molecular complexity index is 961. The molecule has 0 atom stereocenters. The van der Waals surface area contributed by atoms with Crippen LogP contribution in [0.5, 0.6) is 0 Å². The molecule has 2 heterocycles. The molecule has 148 valence electrons. The number of benzene rings is 2. The third kappa shape index (κ3) is 4.93. The van der Waals surface area contributed by atoms with Crippen LogP contribution in [0.3, 0.4) is 0 Å². The van der Waals surface area contributed by atoms with Gasteiger partial charge in [0.2, 0.25) is 5.91 Å². The number of anilines is 4. The smallest absolute Gasteiger partial charge is 0.229 e. The molecule has 0 spiro atoms. The molecule has 5 nitrogen and oxygen atoms in total. The van der Waals surface area contributed by atoms with Gasteiger partial charge >= 0.3 is 0 Å². The highest BCUT2D eigenvalue weighted by Crippen LogP contribution is 2.24. The fourth-order valence-corrected chi connectivity index (χ4v) is 3.61. The van der Waals surface area contributed by atoms with Crippen LogP contribution in [0.2, 0.25) is 0 Å². The number of hydrogen-bond donors (Lipinski definition) is 2. The minimum atomic E-state index is -0.0648. The molecular formula is C24H26N4O. The van der Waals surface area contributed by atoms with E-state index >= 15 is 0 Å². The molecule has 1 saturated heterocycles. The maximum absolute atomic E-state index is 12.3. The maximum Gasteiger partial charge on any atom is 0.229 e. The van der Waals surface area contributed by atoms with Crippen molar-refractivity contribution in [3.8, 4) is 0 Å². The molecule has 0 radical (unpaired) electrons. The highest BCUT2D eigenvalue weighted by atomic mass is 16.1. The second-order valence-corrected chi connectivity index (χ2v) is 7.45. The van der Waals surface area contributed by atoms with Crippen LogP contribution in [0.25, 0.3) is 0 Å². The molecule has 4 rings (SSSR count). The Kier molecular flexibility index (Phi) is 5.75. The first-order chi connectivity index (χ1) is 14.2. The van der Waals surface area contributed by atoms with Gasteiger partial charge in [-0.15, -0.1) is 0 Å². The molecule has 0 saturated carbocycles. The van der Waals surface area contributed by atoms with Crippen molar-refractivity contribution in [3.05, 3.63) is 78.0 Å². The molecule has 0 aliphatic carbocycles. The Hall–Kier alpha value is -3.34. The molecule has 1 fully saturated rings. The number of aryl methyl sites for hydroxylation is 1. The van der Waals surface area contributed by atoms with E-state index in [-0.39, 0.29) is 5.91 Å². The van der Waals surface area contributed by atoms with Crippen LogP contribution in [0, 0.1) is 6.92 Å². The summed E-state index contributed by atoms with van der Waals surface area (Å²) >= 11 is 0. The fourth-order valence-electron chi connectivity index (χ4n) is 3.61. The zero-order valence-corrected chi connectivity index (χ0v) is 16.7. The van der Waals surface area contributed by atoms with Crippen molar-refractivity contribution >= 4 is 28.8 Å². The number of aromatic nitrogens is 1. The second-order valence-electron chi connectivity index (χ2n) is 7.45. The standard InChI is InChI=1S/C24H26N4O/c1-18-6-2-3-7-19(18)16-24(29)27-23-13-10-21(17-25-23)26-20-8-11-22(12-9-20)28-14-4-5-15-28/h2-3,6-13,17,26H,4-5,14-16H2,1H3,(H,25,27,29). The Balaban J connectivity index is 1.33. The molecule has 0 bridgehead atoms. The van der Waals surface area contributed by atoms with E-state index in [0.717, 1.165) is 35.6 Å². The summed E-state index contributed by atoms with van der Waals surface area (Å²) in [6, 6.07) is 20.1. The molecule has 2 N–H and O–H groups in total. The first kappa shape index (κ1) is 19.0. The summed E-state index contributed by atoms with van der Waals surface area (Å²) in [5, 5.41) is 6.22. The van der Waals surface area contributed by atoms with Gasteiger partial charge in [0.25, 0.3) is 0 Å². The predicted molar refractivity (Wildman–Crippen MR) is 119 cm³/mol. The van der Waals surface area contributed by atoms with Crippen molar-refractivity contribution in [2.75, 3.05) is 28.6 Å². The summed E-state index contributed by atoms with van der Waals surface area (Å²) in [6.45, 7) is 4.31. The Morgan fingerprint density at radius 3 is 2.38 bits per heavy atom. The van der Waals surface area contributed by atoms with Crippen molar-refractivity contribution in [2.45, 2.75) is 26.2 Å². The normalized spacial score (nSPS) is 13.3. The lowest BCUT2D eigenvalue weighted by Gasteiger charge is -2.18.